The fraction of sp³-hybridized carbons (Fsp3) is 0. The van der Waals surface area contributed by atoms with Crippen LogP contribution in [0.2, 0.25) is 0 Å². The van der Waals surface area contributed by atoms with Crippen molar-refractivity contribution in [3.05, 3.63) is 29.0 Å². The van der Waals surface area contributed by atoms with E-state index < -0.39 is 0 Å². The van der Waals surface area contributed by atoms with E-state index >= 15 is 0 Å². The first kappa shape index (κ1) is 6.42. The van der Waals surface area contributed by atoms with Crippen LogP contribution in [0, 0.1) is 4.64 Å². The van der Waals surface area contributed by atoms with Gasteiger partial charge in [0.25, 0.3) is 0 Å². The lowest BCUT2D eigenvalue weighted by Crippen LogP contribution is -1.85. The summed E-state index contributed by atoms with van der Waals surface area (Å²) in [5.41, 5.74) is 1.66. The van der Waals surface area contributed by atoms with Crippen molar-refractivity contribution in [3.8, 4) is 0 Å². The maximum atomic E-state index is 4.88. The molecule has 0 aliphatic heterocycles. The Morgan fingerprint density at radius 1 is 1.36 bits per heavy atom. The molecule has 54 valence electrons. The predicted molar refractivity (Wildman–Crippen MR) is 44.7 cm³/mol. The highest BCUT2D eigenvalue weighted by molar-refractivity contribution is 7.71. The molecule has 0 aliphatic rings. The zero-order valence-corrected chi connectivity index (χ0v) is 6.43. The van der Waals surface area contributed by atoms with E-state index in [2.05, 4.69) is 15.2 Å². The quantitative estimate of drug-likeness (QED) is 0.601. The Hall–Kier alpha value is -1.29. The molecule has 0 aromatic carbocycles. The van der Waals surface area contributed by atoms with Crippen molar-refractivity contribution in [2.24, 2.45) is 0 Å². The topological polar surface area (TPSA) is 41.6 Å². The van der Waals surface area contributed by atoms with Gasteiger partial charge in [0.2, 0.25) is 0 Å². The van der Waals surface area contributed by atoms with Gasteiger partial charge in [-0.3, -0.25) is 10.1 Å². The minimum atomic E-state index is 0.608. The smallest absolute Gasteiger partial charge is 0.121 e. The van der Waals surface area contributed by atoms with Crippen molar-refractivity contribution in [1.29, 1.82) is 0 Å². The second-order valence-electron chi connectivity index (χ2n) is 2.14. The number of rotatable bonds is 0. The largest absolute Gasteiger partial charge is 0.267 e. The Bertz CT molecular complexity index is 435. The monoisotopic (exact) mass is 163 g/mol. The molecule has 11 heavy (non-hydrogen) atoms. The van der Waals surface area contributed by atoms with Crippen molar-refractivity contribution >= 4 is 23.3 Å². The van der Waals surface area contributed by atoms with E-state index in [0.29, 0.717) is 4.64 Å². The Balaban J connectivity index is 2.94. The number of aromatic nitrogens is 3. The summed E-state index contributed by atoms with van der Waals surface area (Å²) < 4.78 is 0.608. The minimum absolute atomic E-state index is 0.608. The number of pyridine rings is 1. The average molecular weight is 163 g/mol. The van der Waals surface area contributed by atoms with Crippen LogP contribution in [0.25, 0.3) is 11.0 Å². The van der Waals surface area contributed by atoms with Crippen LogP contribution in [0.1, 0.15) is 0 Å². The van der Waals surface area contributed by atoms with Gasteiger partial charge in [-0.25, -0.2) is 0 Å². The summed E-state index contributed by atoms with van der Waals surface area (Å²) in [6, 6.07) is 5.51. The first-order valence-corrected chi connectivity index (χ1v) is 3.57. The minimum Gasteiger partial charge on any atom is -0.267 e. The van der Waals surface area contributed by atoms with Gasteiger partial charge in [0.15, 0.2) is 0 Å². The molecular weight excluding hydrogens is 158 g/mol. The van der Waals surface area contributed by atoms with Gasteiger partial charge in [0.05, 0.1) is 5.52 Å². The number of nitrogens with one attached hydrogen (secondary N) is 1. The van der Waals surface area contributed by atoms with Crippen LogP contribution in [0.15, 0.2) is 24.4 Å². The third kappa shape index (κ3) is 1.12. The van der Waals surface area contributed by atoms with Crippen LogP contribution >= 0.6 is 12.2 Å². The molecule has 2 aromatic rings. The van der Waals surface area contributed by atoms with Gasteiger partial charge >= 0.3 is 0 Å². The van der Waals surface area contributed by atoms with Crippen LogP contribution in [0.5, 0.6) is 0 Å². The Labute approximate surface area is 68.1 Å². The molecule has 0 aliphatic carbocycles. The van der Waals surface area contributed by atoms with Crippen LogP contribution in [-0.4, -0.2) is 15.2 Å². The number of H-pyrrole nitrogens is 1. The van der Waals surface area contributed by atoms with Gasteiger partial charge in [-0.05, 0) is 12.1 Å². The third-order valence-corrected chi connectivity index (χ3v) is 1.58. The van der Waals surface area contributed by atoms with E-state index in [-0.39, 0.29) is 0 Å². The van der Waals surface area contributed by atoms with Gasteiger partial charge in [0.1, 0.15) is 10.2 Å². The number of fused-ring (bicyclic) bond motifs is 1. The highest BCUT2D eigenvalue weighted by Crippen LogP contribution is 2.04. The molecule has 0 saturated heterocycles. The number of hydrogen-bond acceptors (Lipinski definition) is 3. The van der Waals surface area contributed by atoms with E-state index in [0.717, 1.165) is 11.0 Å². The third-order valence-electron chi connectivity index (χ3n) is 1.37. The zero-order chi connectivity index (χ0) is 7.68. The molecule has 2 aromatic heterocycles. The highest BCUT2D eigenvalue weighted by atomic mass is 32.1. The van der Waals surface area contributed by atoms with E-state index in [9.17, 15) is 0 Å². The van der Waals surface area contributed by atoms with E-state index in [4.69, 9.17) is 12.2 Å². The van der Waals surface area contributed by atoms with Crippen LogP contribution in [0.4, 0.5) is 0 Å². The molecule has 3 nitrogen and oxygen atoms in total. The SMILES string of the molecule is S=c1cc2ncccc2n[nH]1. The van der Waals surface area contributed by atoms with Crippen LogP contribution in [0.3, 0.4) is 0 Å². The lowest BCUT2D eigenvalue weighted by molar-refractivity contribution is 1.05. The number of hydrogen-bond donors (Lipinski definition) is 1. The fourth-order valence-electron chi connectivity index (χ4n) is 0.887. The molecule has 0 radical (unpaired) electrons. The lowest BCUT2D eigenvalue weighted by atomic mass is 10.3. The highest BCUT2D eigenvalue weighted by Gasteiger charge is 1.91. The molecule has 2 rings (SSSR count). The van der Waals surface area contributed by atoms with Crippen LogP contribution in [-0.2, 0) is 0 Å². The summed E-state index contributed by atoms with van der Waals surface area (Å²) in [5.74, 6) is 0. The molecule has 0 fully saturated rings. The first-order chi connectivity index (χ1) is 5.36. The number of nitrogens with zero attached hydrogens (tertiary/aromatic N) is 2. The second-order valence-corrected chi connectivity index (χ2v) is 2.58. The first-order valence-electron chi connectivity index (χ1n) is 3.17. The van der Waals surface area contributed by atoms with E-state index in [1.54, 1.807) is 12.3 Å². The predicted octanol–water partition coefficient (Wildman–Crippen LogP) is 1.69. The summed E-state index contributed by atoms with van der Waals surface area (Å²) in [5, 5.41) is 6.69. The molecule has 0 atom stereocenters. The Kier molecular flexibility index (Phi) is 1.40. The van der Waals surface area contributed by atoms with Gasteiger partial charge in [-0.1, -0.05) is 12.2 Å². The van der Waals surface area contributed by atoms with Gasteiger partial charge < -0.3 is 0 Å². The van der Waals surface area contributed by atoms with Crippen molar-refractivity contribution in [3.63, 3.8) is 0 Å². The standard InChI is InChI=1S/C7H5N3S/c11-7-4-6-5(9-10-7)2-1-3-8-6/h1-4H,(H,10,11). The summed E-state index contributed by atoms with van der Waals surface area (Å²) in [6.45, 7) is 0. The normalized spacial score (nSPS) is 10.2. The van der Waals surface area contributed by atoms with Gasteiger partial charge in [-0.15, -0.1) is 0 Å². The molecule has 4 heteroatoms. The molecule has 0 bridgehead atoms. The Morgan fingerprint density at radius 2 is 2.27 bits per heavy atom. The van der Waals surface area contributed by atoms with Gasteiger partial charge in [0, 0.05) is 12.3 Å². The average Bonchev–Trinajstić information content (AvgIpc) is 2.04. The molecule has 0 amide bonds. The summed E-state index contributed by atoms with van der Waals surface area (Å²) >= 11 is 4.88. The van der Waals surface area contributed by atoms with Crippen molar-refractivity contribution < 1.29 is 0 Å². The summed E-state index contributed by atoms with van der Waals surface area (Å²) in [6.07, 6.45) is 1.72. The van der Waals surface area contributed by atoms with E-state index in [1.807, 2.05) is 12.1 Å². The molecular formula is C7H5N3S. The van der Waals surface area contributed by atoms with Crippen LogP contribution < -0.4 is 0 Å². The molecule has 1 N–H and O–H groups in total. The summed E-state index contributed by atoms with van der Waals surface area (Å²) in [4.78, 5) is 4.09. The van der Waals surface area contributed by atoms with Crippen molar-refractivity contribution in [2.45, 2.75) is 0 Å². The number of aromatic amines is 1. The summed E-state index contributed by atoms with van der Waals surface area (Å²) in [7, 11) is 0. The molecule has 0 unspecified atom stereocenters. The molecule has 2 heterocycles. The lowest BCUT2D eigenvalue weighted by Gasteiger charge is -1.91. The molecule has 0 saturated carbocycles. The second kappa shape index (κ2) is 2.39. The maximum absolute atomic E-state index is 4.88. The Morgan fingerprint density at radius 3 is 3.18 bits per heavy atom. The van der Waals surface area contributed by atoms with Crippen molar-refractivity contribution in [2.75, 3.05) is 0 Å². The molecule has 0 spiro atoms. The fourth-order valence-corrected chi connectivity index (χ4v) is 1.04. The maximum Gasteiger partial charge on any atom is 0.121 e. The van der Waals surface area contributed by atoms with Crippen molar-refractivity contribution in [1.82, 2.24) is 15.2 Å². The zero-order valence-electron chi connectivity index (χ0n) is 5.61. The van der Waals surface area contributed by atoms with E-state index in [1.165, 1.54) is 0 Å². The van der Waals surface area contributed by atoms with Gasteiger partial charge in [-0.2, -0.15) is 5.10 Å².